The number of anilines is 1. The van der Waals surface area contributed by atoms with Gasteiger partial charge in [-0.25, -0.2) is 4.98 Å². The summed E-state index contributed by atoms with van der Waals surface area (Å²) in [5.41, 5.74) is 1.09. The van der Waals surface area contributed by atoms with Gasteiger partial charge in [0.15, 0.2) is 16.6 Å². The van der Waals surface area contributed by atoms with Crippen LogP contribution in [0.3, 0.4) is 0 Å². The van der Waals surface area contributed by atoms with E-state index in [4.69, 9.17) is 9.47 Å². The number of thiazole rings is 1. The summed E-state index contributed by atoms with van der Waals surface area (Å²) in [4.78, 5) is 20.6. The predicted molar refractivity (Wildman–Crippen MR) is 91.7 cm³/mol. The van der Waals surface area contributed by atoms with Crippen LogP contribution in [-0.4, -0.2) is 41.6 Å². The predicted octanol–water partition coefficient (Wildman–Crippen LogP) is 2.30. The number of amides is 1. The highest BCUT2D eigenvalue weighted by Crippen LogP contribution is 2.34. The van der Waals surface area contributed by atoms with E-state index in [1.165, 1.54) is 16.2 Å². The van der Waals surface area contributed by atoms with Gasteiger partial charge in [0, 0.05) is 24.4 Å². The monoisotopic (exact) mass is 345 g/mol. The number of ether oxygens (including phenoxy) is 2. The van der Waals surface area contributed by atoms with Crippen LogP contribution in [0.4, 0.5) is 5.13 Å². The molecule has 1 aromatic carbocycles. The van der Waals surface area contributed by atoms with Crippen molar-refractivity contribution in [3.63, 3.8) is 0 Å². The lowest BCUT2D eigenvalue weighted by Gasteiger charge is -2.30. The highest BCUT2D eigenvalue weighted by Gasteiger charge is 2.34. The largest absolute Gasteiger partial charge is 0.482 e. The van der Waals surface area contributed by atoms with Crippen LogP contribution in [-0.2, 0) is 17.8 Å². The van der Waals surface area contributed by atoms with E-state index in [1.807, 2.05) is 25.1 Å². The number of hydrogen-bond acceptors (Lipinski definition) is 6. The lowest BCUT2D eigenvalue weighted by molar-refractivity contribution is -0.128. The van der Waals surface area contributed by atoms with Crippen LogP contribution in [0.25, 0.3) is 0 Å². The van der Waals surface area contributed by atoms with Gasteiger partial charge in [-0.1, -0.05) is 12.1 Å². The maximum absolute atomic E-state index is 12.6. The number of likely N-dealkylation sites (N-methyl/N-ethyl adjacent to an activating group) is 1. The molecule has 0 saturated carbocycles. The zero-order chi connectivity index (χ0) is 16.7. The van der Waals surface area contributed by atoms with Gasteiger partial charge in [0.05, 0.1) is 5.69 Å². The molecule has 3 heterocycles. The smallest absolute Gasteiger partial charge is 0.271 e. The van der Waals surface area contributed by atoms with Crippen LogP contribution >= 0.6 is 11.3 Å². The molecule has 0 spiro atoms. The van der Waals surface area contributed by atoms with Crippen molar-refractivity contribution < 1.29 is 14.3 Å². The summed E-state index contributed by atoms with van der Waals surface area (Å²) < 4.78 is 11.6. The average Bonchev–Trinajstić information content (AvgIpc) is 2.95. The summed E-state index contributed by atoms with van der Waals surface area (Å²) in [6.45, 7) is 3.72. The van der Waals surface area contributed by atoms with Crippen molar-refractivity contribution in [3.8, 4) is 11.5 Å². The summed E-state index contributed by atoms with van der Waals surface area (Å²) >= 11 is 1.54. The Balaban J connectivity index is 1.49. The SMILES string of the molecule is C[C@H]1Oc2ccccc2O[C@@H]1C(=O)Nc1nc2c(s1)CN(C)CC2. The molecule has 7 heteroatoms. The van der Waals surface area contributed by atoms with Crippen molar-refractivity contribution in [2.75, 3.05) is 18.9 Å². The van der Waals surface area contributed by atoms with Gasteiger partial charge in [-0.05, 0) is 26.1 Å². The molecule has 0 saturated heterocycles. The Morgan fingerprint density at radius 1 is 1.33 bits per heavy atom. The number of hydrogen-bond donors (Lipinski definition) is 1. The second-order valence-corrected chi connectivity index (χ2v) is 7.26. The fourth-order valence-electron chi connectivity index (χ4n) is 2.96. The molecule has 1 aromatic heterocycles. The quantitative estimate of drug-likeness (QED) is 0.905. The number of carbonyl (C=O) groups is 1. The standard InChI is InChI=1S/C17H19N3O3S/c1-10-15(23-13-6-4-3-5-12(13)22-10)16(21)19-17-18-11-7-8-20(2)9-14(11)24-17/h3-6,10,15H,7-9H2,1-2H3,(H,18,19,21)/t10-,15+/m1/s1. The molecule has 2 aromatic rings. The Labute approximate surface area is 144 Å². The van der Waals surface area contributed by atoms with E-state index in [9.17, 15) is 4.79 Å². The molecule has 1 amide bonds. The molecule has 0 aliphatic carbocycles. The molecular weight excluding hydrogens is 326 g/mol. The van der Waals surface area contributed by atoms with Crippen LogP contribution in [0.1, 0.15) is 17.5 Å². The Hall–Kier alpha value is -2.12. The Morgan fingerprint density at radius 3 is 2.88 bits per heavy atom. The summed E-state index contributed by atoms with van der Waals surface area (Å²) in [5, 5.41) is 3.52. The van der Waals surface area contributed by atoms with Gasteiger partial charge in [-0.2, -0.15) is 0 Å². The molecule has 0 fully saturated rings. The fourth-order valence-corrected chi connectivity index (χ4v) is 4.05. The average molecular weight is 345 g/mol. The second kappa shape index (κ2) is 6.07. The second-order valence-electron chi connectivity index (χ2n) is 6.17. The maximum atomic E-state index is 12.6. The molecule has 6 nitrogen and oxygen atoms in total. The van der Waals surface area contributed by atoms with Crippen LogP contribution in [0.5, 0.6) is 11.5 Å². The first-order valence-corrected chi connectivity index (χ1v) is 8.82. The molecule has 24 heavy (non-hydrogen) atoms. The third-order valence-corrected chi connectivity index (χ3v) is 5.25. The molecule has 2 atom stereocenters. The number of para-hydroxylation sites is 2. The van der Waals surface area contributed by atoms with E-state index < -0.39 is 6.10 Å². The number of benzene rings is 1. The van der Waals surface area contributed by atoms with Crippen molar-refractivity contribution in [2.45, 2.75) is 32.1 Å². The van der Waals surface area contributed by atoms with Crippen LogP contribution in [0, 0.1) is 0 Å². The van der Waals surface area contributed by atoms with Crippen molar-refractivity contribution in [3.05, 3.63) is 34.8 Å². The van der Waals surface area contributed by atoms with Gasteiger partial charge in [-0.3, -0.25) is 10.1 Å². The van der Waals surface area contributed by atoms with Crippen LogP contribution in [0.15, 0.2) is 24.3 Å². The summed E-state index contributed by atoms with van der Waals surface area (Å²) in [7, 11) is 2.09. The summed E-state index contributed by atoms with van der Waals surface area (Å²) in [6, 6.07) is 7.38. The van der Waals surface area contributed by atoms with Gasteiger partial charge < -0.3 is 14.4 Å². The number of nitrogens with one attached hydrogen (secondary N) is 1. The third kappa shape index (κ3) is 2.85. The van der Waals surface area contributed by atoms with Gasteiger partial charge >= 0.3 is 0 Å². The normalized spacial score (nSPS) is 22.8. The van der Waals surface area contributed by atoms with Crippen molar-refractivity contribution >= 4 is 22.4 Å². The Kier molecular flexibility index (Phi) is 3.90. The minimum atomic E-state index is -0.691. The number of aromatic nitrogens is 1. The minimum absolute atomic E-state index is 0.226. The summed E-state index contributed by atoms with van der Waals surface area (Å²) in [6.07, 6.45) is -0.130. The van der Waals surface area contributed by atoms with Crippen LogP contribution < -0.4 is 14.8 Å². The minimum Gasteiger partial charge on any atom is -0.482 e. The molecular formula is C17H19N3O3S. The van der Waals surface area contributed by atoms with Gasteiger partial charge in [0.1, 0.15) is 6.10 Å². The lowest BCUT2D eigenvalue weighted by Crippen LogP contribution is -2.46. The molecule has 126 valence electrons. The summed E-state index contributed by atoms with van der Waals surface area (Å²) in [5.74, 6) is 1.04. The van der Waals surface area contributed by atoms with E-state index in [0.29, 0.717) is 16.6 Å². The molecule has 0 bridgehead atoms. The van der Waals surface area contributed by atoms with E-state index in [1.54, 1.807) is 6.07 Å². The van der Waals surface area contributed by atoms with Gasteiger partial charge in [0.2, 0.25) is 6.10 Å². The van der Waals surface area contributed by atoms with Gasteiger partial charge in [-0.15, -0.1) is 11.3 Å². The first-order chi connectivity index (χ1) is 11.6. The molecule has 1 N–H and O–H groups in total. The first kappa shape index (κ1) is 15.4. The van der Waals surface area contributed by atoms with Crippen LogP contribution in [0.2, 0.25) is 0 Å². The van der Waals surface area contributed by atoms with Gasteiger partial charge in [0.25, 0.3) is 5.91 Å². The fraction of sp³-hybridized carbons (Fsp3) is 0.412. The zero-order valence-electron chi connectivity index (χ0n) is 13.6. The topological polar surface area (TPSA) is 63.7 Å². The molecule has 2 aliphatic rings. The van der Waals surface area contributed by atoms with E-state index in [2.05, 4.69) is 22.2 Å². The molecule has 0 unspecified atom stereocenters. The van der Waals surface area contributed by atoms with Crippen molar-refractivity contribution in [1.82, 2.24) is 9.88 Å². The maximum Gasteiger partial charge on any atom is 0.271 e. The molecule has 4 rings (SSSR count). The highest BCUT2D eigenvalue weighted by atomic mass is 32.1. The van der Waals surface area contributed by atoms with E-state index >= 15 is 0 Å². The number of nitrogens with zero attached hydrogens (tertiary/aromatic N) is 2. The number of fused-ring (bicyclic) bond motifs is 2. The lowest BCUT2D eigenvalue weighted by atomic mass is 10.1. The van der Waals surface area contributed by atoms with E-state index in [0.717, 1.165) is 25.2 Å². The van der Waals surface area contributed by atoms with E-state index in [-0.39, 0.29) is 12.0 Å². The van der Waals surface area contributed by atoms with Crippen molar-refractivity contribution in [1.29, 1.82) is 0 Å². The number of carbonyl (C=O) groups excluding carboxylic acids is 1. The highest BCUT2D eigenvalue weighted by molar-refractivity contribution is 7.15. The Morgan fingerprint density at radius 2 is 2.08 bits per heavy atom. The first-order valence-electron chi connectivity index (χ1n) is 8.00. The zero-order valence-corrected chi connectivity index (χ0v) is 14.4. The number of rotatable bonds is 2. The molecule has 0 radical (unpaired) electrons. The molecule has 2 aliphatic heterocycles. The Bertz CT molecular complexity index is 776. The van der Waals surface area contributed by atoms with Crippen molar-refractivity contribution in [2.24, 2.45) is 0 Å². The third-order valence-electron chi connectivity index (χ3n) is 4.25.